The fourth-order valence-electron chi connectivity index (χ4n) is 2.78. The van der Waals surface area contributed by atoms with Crippen LogP contribution in [-0.4, -0.2) is 18.4 Å². The first-order valence-corrected chi connectivity index (χ1v) is 8.33. The van der Waals surface area contributed by atoms with E-state index in [0.717, 1.165) is 11.3 Å². The first-order valence-electron chi connectivity index (χ1n) is 8.33. The smallest absolute Gasteiger partial charge is 0.251 e. The van der Waals surface area contributed by atoms with Crippen LogP contribution in [0.3, 0.4) is 0 Å². The van der Waals surface area contributed by atoms with E-state index in [9.17, 15) is 9.59 Å². The van der Waals surface area contributed by atoms with Gasteiger partial charge >= 0.3 is 0 Å². The van der Waals surface area contributed by atoms with Crippen LogP contribution in [0.2, 0.25) is 0 Å². The number of anilines is 2. The molecule has 0 aromatic heterocycles. The predicted octanol–water partition coefficient (Wildman–Crippen LogP) is 3.98. The third-order valence-corrected chi connectivity index (χ3v) is 4.23. The van der Waals surface area contributed by atoms with Crippen LogP contribution in [0.4, 0.5) is 11.4 Å². The lowest BCUT2D eigenvalue weighted by molar-refractivity contribution is -0.119. The van der Waals surface area contributed by atoms with Crippen molar-refractivity contribution in [2.24, 2.45) is 0 Å². The average molecular weight is 334 g/mol. The summed E-state index contributed by atoms with van der Waals surface area (Å²) < 4.78 is 0. The summed E-state index contributed by atoms with van der Waals surface area (Å²) in [6, 6.07) is 15.5. The van der Waals surface area contributed by atoms with Crippen molar-refractivity contribution in [3.63, 3.8) is 0 Å². The highest BCUT2D eigenvalue weighted by atomic mass is 16.2. The van der Waals surface area contributed by atoms with Crippen LogP contribution in [0.1, 0.15) is 31.9 Å². The summed E-state index contributed by atoms with van der Waals surface area (Å²) in [7, 11) is 0. The maximum Gasteiger partial charge on any atom is 0.251 e. The van der Waals surface area contributed by atoms with Gasteiger partial charge in [0.25, 0.3) is 5.91 Å². The largest absolute Gasteiger partial charge is 0.323 e. The molecule has 1 aliphatic heterocycles. The van der Waals surface area contributed by atoms with E-state index in [1.54, 1.807) is 12.1 Å². The van der Waals surface area contributed by atoms with E-state index in [1.807, 2.05) is 30.3 Å². The van der Waals surface area contributed by atoms with Crippen LogP contribution >= 0.6 is 0 Å². The van der Waals surface area contributed by atoms with Gasteiger partial charge in [-0.2, -0.15) is 0 Å². The number of benzene rings is 2. The van der Waals surface area contributed by atoms with Crippen molar-refractivity contribution < 1.29 is 9.59 Å². The Bertz CT molecular complexity index is 830. The molecule has 1 N–H and O–H groups in total. The number of rotatable bonds is 2. The van der Waals surface area contributed by atoms with Gasteiger partial charge < -0.3 is 5.32 Å². The Kier molecular flexibility index (Phi) is 4.45. The second-order valence-electron chi connectivity index (χ2n) is 7.20. The Morgan fingerprint density at radius 2 is 1.76 bits per heavy atom. The molecule has 0 saturated carbocycles. The molecule has 0 unspecified atom stereocenters. The van der Waals surface area contributed by atoms with Gasteiger partial charge in [0.1, 0.15) is 6.54 Å². The number of carbonyl (C=O) groups excluding carboxylic acids is 2. The highest BCUT2D eigenvalue weighted by Crippen LogP contribution is 2.29. The Hall–Kier alpha value is -2.88. The third-order valence-electron chi connectivity index (χ3n) is 4.23. The molecule has 0 bridgehead atoms. The molecule has 4 nitrogen and oxygen atoms in total. The minimum Gasteiger partial charge on any atom is -0.323 e. The van der Waals surface area contributed by atoms with E-state index in [-0.39, 0.29) is 23.8 Å². The predicted molar refractivity (Wildman–Crippen MR) is 102 cm³/mol. The van der Waals surface area contributed by atoms with Gasteiger partial charge in [0.05, 0.1) is 11.4 Å². The maximum absolute atomic E-state index is 12.6. The van der Waals surface area contributed by atoms with E-state index < -0.39 is 0 Å². The molecule has 25 heavy (non-hydrogen) atoms. The van der Waals surface area contributed by atoms with Crippen molar-refractivity contribution >= 4 is 29.3 Å². The zero-order chi connectivity index (χ0) is 18.0. The number of fused-ring (bicyclic) bond motifs is 1. The van der Waals surface area contributed by atoms with Crippen molar-refractivity contribution in [2.45, 2.75) is 26.2 Å². The molecule has 0 saturated heterocycles. The van der Waals surface area contributed by atoms with E-state index in [1.165, 1.54) is 16.5 Å². The number of hydrogen-bond acceptors (Lipinski definition) is 2. The Morgan fingerprint density at radius 3 is 2.44 bits per heavy atom. The van der Waals surface area contributed by atoms with Crippen LogP contribution in [0.5, 0.6) is 0 Å². The van der Waals surface area contributed by atoms with Gasteiger partial charge in [-0.15, -0.1) is 0 Å². The molecule has 4 heteroatoms. The van der Waals surface area contributed by atoms with Gasteiger partial charge in [-0.25, -0.2) is 0 Å². The van der Waals surface area contributed by atoms with Crippen LogP contribution < -0.4 is 10.2 Å². The van der Waals surface area contributed by atoms with Gasteiger partial charge in [-0.3, -0.25) is 14.5 Å². The van der Waals surface area contributed by atoms with Gasteiger partial charge in [0, 0.05) is 6.08 Å². The summed E-state index contributed by atoms with van der Waals surface area (Å²) in [6.07, 6.45) is 3.30. The fraction of sp³-hybridized carbons (Fsp3) is 0.238. The van der Waals surface area contributed by atoms with E-state index >= 15 is 0 Å². The second-order valence-corrected chi connectivity index (χ2v) is 7.20. The van der Waals surface area contributed by atoms with Crippen molar-refractivity contribution in [3.8, 4) is 0 Å². The van der Waals surface area contributed by atoms with Crippen molar-refractivity contribution in [1.82, 2.24) is 0 Å². The molecular weight excluding hydrogens is 312 g/mol. The normalized spacial score (nSPS) is 14.4. The first kappa shape index (κ1) is 17.0. The summed E-state index contributed by atoms with van der Waals surface area (Å²) in [4.78, 5) is 25.9. The molecule has 2 aromatic rings. The summed E-state index contributed by atoms with van der Waals surface area (Å²) in [5, 5.41) is 2.78. The molecule has 3 rings (SSSR count). The van der Waals surface area contributed by atoms with Crippen LogP contribution in [0, 0.1) is 0 Å². The second kappa shape index (κ2) is 6.55. The Labute approximate surface area is 148 Å². The number of amides is 2. The number of nitrogens with one attached hydrogen (secondary N) is 1. The Balaban J connectivity index is 1.78. The van der Waals surface area contributed by atoms with Gasteiger partial charge in [0.15, 0.2) is 0 Å². The molecule has 2 amide bonds. The lowest BCUT2D eigenvalue weighted by Gasteiger charge is -2.28. The number of hydrogen-bond donors (Lipinski definition) is 1. The Morgan fingerprint density at radius 1 is 1.08 bits per heavy atom. The number of nitrogens with zero attached hydrogens (tertiary/aromatic N) is 1. The minimum atomic E-state index is -0.206. The molecule has 0 radical (unpaired) electrons. The molecule has 0 aliphatic carbocycles. The summed E-state index contributed by atoms with van der Waals surface area (Å²) in [6.45, 7) is 6.53. The average Bonchev–Trinajstić information content (AvgIpc) is 2.58. The van der Waals surface area contributed by atoms with Crippen LogP contribution in [0.15, 0.2) is 54.6 Å². The topological polar surface area (TPSA) is 49.4 Å². The number of carbonyl (C=O) groups is 2. The van der Waals surface area contributed by atoms with E-state index in [2.05, 4.69) is 38.2 Å². The minimum absolute atomic E-state index is 0.0309. The first-order chi connectivity index (χ1) is 11.8. The zero-order valence-electron chi connectivity index (χ0n) is 14.7. The fourth-order valence-corrected chi connectivity index (χ4v) is 2.78. The van der Waals surface area contributed by atoms with Crippen LogP contribution in [0.25, 0.3) is 6.08 Å². The molecule has 1 aliphatic rings. The van der Waals surface area contributed by atoms with Gasteiger partial charge in [-0.05, 0) is 34.8 Å². The quantitative estimate of drug-likeness (QED) is 0.845. The van der Waals surface area contributed by atoms with Crippen LogP contribution in [-0.2, 0) is 15.0 Å². The molecule has 128 valence electrons. The van der Waals surface area contributed by atoms with Crippen molar-refractivity contribution in [2.75, 3.05) is 16.8 Å². The number of para-hydroxylation sites is 2. The summed E-state index contributed by atoms with van der Waals surface area (Å²) in [5.41, 5.74) is 3.69. The summed E-state index contributed by atoms with van der Waals surface area (Å²) in [5.74, 6) is -0.392. The molecular formula is C21H22N2O2. The van der Waals surface area contributed by atoms with E-state index in [4.69, 9.17) is 0 Å². The highest BCUT2D eigenvalue weighted by Gasteiger charge is 2.25. The molecule has 0 spiro atoms. The highest BCUT2D eigenvalue weighted by molar-refractivity contribution is 6.13. The molecule has 2 aromatic carbocycles. The molecule has 1 heterocycles. The zero-order valence-corrected chi connectivity index (χ0v) is 14.7. The SMILES string of the molecule is CC(C)(C)c1ccc(/C=C/C(=O)N2CC(=O)Nc3ccccc32)cc1. The van der Waals surface area contributed by atoms with Gasteiger partial charge in [-0.1, -0.05) is 57.2 Å². The van der Waals surface area contributed by atoms with Crippen molar-refractivity contribution in [1.29, 1.82) is 0 Å². The molecule has 0 atom stereocenters. The monoisotopic (exact) mass is 334 g/mol. The maximum atomic E-state index is 12.6. The lowest BCUT2D eigenvalue weighted by Crippen LogP contribution is -2.41. The van der Waals surface area contributed by atoms with Crippen molar-refractivity contribution in [3.05, 3.63) is 65.7 Å². The van der Waals surface area contributed by atoms with Gasteiger partial charge in [0.2, 0.25) is 5.91 Å². The summed E-state index contributed by atoms with van der Waals surface area (Å²) >= 11 is 0. The lowest BCUT2D eigenvalue weighted by atomic mass is 9.87. The third kappa shape index (κ3) is 3.79. The standard InChI is InChI=1S/C21H22N2O2/c1-21(2,3)16-11-8-15(9-12-16)10-13-20(25)23-14-19(24)22-17-6-4-5-7-18(17)23/h4-13H,14H2,1-3H3,(H,22,24)/b13-10+. The van der Waals surface area contributed by atoms with E-state index in [0.29, 0.717) is 5.69 Å². The molecule has 0 fully saturated rings.